The number of nitrogens with zero attached hydrogens (tertiary/aromatic N) is 2. The maximum Gasteiger partial charge on any atom is 0.254 e. The summed E-state index contributed by atoms with van der Waals surface area (Å²) >= 11 is 0. The molecule has 4 rings (SSSR count). The molecule has 0 saturated carbocycles. The molecule has 0 radical (unpaired) electrons. The number of H-pyrrole nitrogens is 1. The second kappa shape index (κ2) is 8.27. The molecule has 0 spiro atoms. The summed E-state index contributed by atoms with van der Waals surface area (Å²) in [6.07, 6.45) is 2.44. The largest absolute Gasteiger partial charge is 0.497 e. The van der Waals surface area contributed by atoms with Gasteiger partial charge in [-0.05, 0) is 41.5 Å². The van der Waals surface area contributed by atoms with E-state index in [1.165, 1.54) is 0 Å². The van der Waals surface area contributed by atoms with Crippen molar-refractivity contribution in [3.8, 4) is 17.0 Å². The Kier molecular flexibility index (Phi) is 5.39. The topological polar surface area (TPSA) is 67.5 Å². The average Bonchev–Trinajstić information content (AvgIpc) is 3.29. The van der Waals surface area contributed by atoms with Gasteiger partial charge < -0.3 is 14.4 Å². The Balaban J connectivity index is 1.41. The van der Waals surface area contributed by atoms with Crippen molar-refractivity contribution in [2.24, 2.45) is 0 Å². The first kappa shape index (κ1) is 18.3. The molecule has 1 aliphatic heterocycles. The summed E-state index contributed by atoms with van der Waals surface area (Å²) in [5.74, 6) is 0.869. The summed E-state index contributed by atoms with van der Waals surface area (Å²) in [5.41, 5.74) is 3.77. The first-order valence-corrected chi connectivity index (χ1v) is 9.36. The minimum Gasteiger partial charge on any atom is -0.497 e. The molecule has 1 N–H and O–H groups in total. The molecule has 1 fully saturated rings. The Morgan fingerprint density at radius 2 is 2.11 bits per heavy atom. The zero-order valence-electron chi connectivity index (χ0n) is 15.8. The molecule has 3 aromatic rings. The van der Waals surface area contributed by atoms with Crippen LogP contribution in [0, 0.1) is 0 Å². The van der Waals surface area contributed by atoms with Gasteiger partial charge in [-0.15, -0.1) is 0 Å². The molecule has 28 heavy (non-hydrogen) atoms. The summed E-state index contributed by atoms with van der Waals surface area (Å²) in [5, 5.41) is 6.89. The summed E-state index contributed by atoms with van der Waals surface area (Å²) in [6, 6.07) is 17.5. The zero-order valence-corrected chi connectivity index (χ0v) is 15.8. The molecule has 1 aliphatic rings. The van der Waals surface area contributed by atoms with Crippen molar-refractivity contribution in [1.29, 1.82) is 0 Å². The Hall–Kier alpha value is -3.12. The molecular weight excluding hydrogens is 354 g/mol. The van der Waals surface area contributed by atoms with E-state index in [2.05, 4.69) is 16.3 Å². The van der Waals surface area contributed by atoms with E-state index in [1.807, 2.05) is 53.4 Å². The van der Waals surface area contributed by atoms with Gasteiger partial charge in [-0.1, -0.05) is 24.3 Å². The number of rotatable bonds is 5. The van der Waals surface area contributed by atoms with E-state index in [-0.39, 0.29) is 12.0 Å². The Labute approximate surface area is 164 Å². The van der Waals surface area contributed by atoms with Crippen molar-refractivity contribution in [2.75, 3.05) is 26.8 Å². The molecule has 1 amide bonds. The lowest BCUT2D eigenvalue weighted by Gasteiger charge is -2.33. The van der Waals surface area contributed by atoms with Crippen molar-refractivity contribution in [2.45, 2.75) is 12.5 Å². The van der Waals surface area contributed by atoms with Gasteiger partial charge in [-0.25, -0.2) is 0 Å². The molecule has 1 saturated heterocycles. The highest BCUT2D eigenvalue weighted by Gasteiger charge is 2.25. The molecule has 144 valence electrons. The van der Waals surface area contributed by atoms with Crippen molar-refractivity contribution < 1.29 is 14.3 Å². The summed E-state index contributed by atoms with van der Waals surface area (Å²) in [7, 11) is 1.66. The number of benzene rings is 2. The van der Waals surface area contributed by atoms with Crippen LogP contribution in [0.3, 0.4) is 0 Å². The van der Waals surface area contributed by atoms with Crippen LogP contribution in [-0.2, 0) is 11.2 Å². The van der Waals surface area contributed by atoms with E-state index < -0.39 is 0 Å². The molecule has 0 aliphatic carbocycles. The van der Waals surface area contributed by atoms with Crippen LogP contribution in [0.4, 0.5) is 0 Å². The van der Waals surface area contributed by atoms with Crippen molar-refractivity contribution >= 4 is 5.91 Å². The van der Waals surface area contributed by atoms with Crippen LogP contribution in [0.5, 0.6) is 5.75 Å². The number of aromatic amines is 1. The van der Waals surface area contributed by atoms with Crippen LogP contribution >= 0.6 is 0 Å². The van der Waals surface area contributed by atoms with Crippen molar-refractivity contribution in [3.05, 3.63) is 71.9 Å². The van der Waals surface area contributed by atoms with E-state index >= 15 is 0 Å². The normalized spacial score (nSPS) is 16.8. The van der Waals surface area contributed by atoms with Gasteiger partial charge in [-0.3, -0.25) is 9.89 Å². The third-order valence-electron chi connectivity index (χ3n) is 4.97. The lowest BCUT2D eigenvalue weighted by Crippen LogP contribution is -2.46. The predicted octanol–water partition coefficient (Wildman–Crippen LogP) is 3.17. The highest BCUT2D eigenvalue weighted by atomic mass is 16.5. The van der Waals surface area contributed by atoms with Crippen molar-refractivity contribution in [1.82, 2.24) is 15.1 Å². The van der Waals surface area contributed by atoms with E-state index in [0.29, 0.717) is 25.3 Å². The van der Waals surface area contributed by atoms with Gasteiger partial charge in [0.05, 0.1) is 25.5 Å². The fourth-order valence-electron chi connectivity index (χ4n) is 3.48. The molecule has 0 bridgehead atoms. The number of hydrogen-bond acceptors (Lipinski definition) is 4. The van der Waals surface area contributed by atoms with Crippen LogP contribution < -0.4 is 4.74 Å². The number of aromatic nitrogens is 2. The van der Waals surface area contributed by atoms with E-state index in [4.69, 9.17) is 9.47 Å². The fraction of sp³-hybridized carbons (Fsp3) is 0.273. The summed E-state index contributed by atoms with van der Waals surface area (Å²) < 4.78 is 11.2. The average molecular weight is 377 g/mol. The maximum absolute atomic E-state index is 12.9. The van der Waals surface area contributed by atoms with E-state index in [9.17, 15) is 4.79 Å². The van der Waals surface area contributed by atoms with Gasteiger partial charge in [-0.2, -0.15) is 5.10 Å². The summed E-state index contributed by atoms with van der Waals surface area (Å²) in [6.45, 7) is 1.74. The number of morpholine rings is 1. The van der Waals surface area contributed by atoms with Crippen LogP contribution in [-0.4, -0.2) is 53.9 Å². The molecule has 2 aromatic carbocycles. The van der Waals surface area contributed by atoms with Gasteiger partial charge in [0, 0.05) is 31.3 Å². The molecule has 2 heterocycles. The maximum atomic E-state index is 12.9. The van der Waals surface area contributed by atoms with E-state index in [1.54, 1.807) is 13.3 Å². The lowest BCUT2D eigenvalue weighted by molar-refractivity contribution is -0.0208. The monoisotopic (exact) mass is 377 g/mol. The first-order chi connectivity index (χ1) is 13.7. The summed E-state index contributed by atoms with van der Waals surface area (Å²) in [4.78, 5) is 14.8. The highest BCUT2D eigenvalue weighted by molar-refractivity contribution is 5.94. The second-order valence-corrected chi connectivity index (χ2v) is 6.85. The molecular formula is C22H23N3O3. The third kappa shape index (κ3) is 4.07. The van der Waals surface area contributed by atoms with Crippen molar-refractivity contribution in [3.63, 3.8) is 0 Å². The Morgan fingerprint density at radius 3 is 2.86 bits per heavy atom. The number of amides is 1. The van der Waals surface area contributed by atoms with E-state index in [0.717, 1.165) is 29.0 Å². The van der Waals surface area contributed by atoms with Gasteiger partial charge >= 0.3 is 0 Å². The molecule has 0 unspecified atom stereocenters. The lowest BCUT2D eigenvalue weighted by atomic mass is 10.0. The van der Waals surface area contributed by atoms with Gasteiger partial charge in [0.15, 0.2) is 0 Å². The number of ether oxygens (including phenoxy) is 2. The zero-order chi connectivity index (χ0) is 19.3. The second-order valence-electron chi connectivity index (χ2n) is 6.85. The molecule has 6 nitrogen and oxygen atoms in total. The quantitative estimate of drug-likeness (QED) is 0.742. The first-order valence-electron chi connectivity index (χ1n) is 9.36. The number of carbonyl (C=O) groups excluding carboxylic acids is 1. The predicted molar refractivity (Wildman–Crippen MR) is 106 cm³/mol. The number of hydrogen-bond donors (Lipinski definition) is 1. The van der Waals surface area contributed by atoms with Crippen LogP contribution in [0.1, 0.15) is 15.9 Å². The highest BCUT2D eigenvalue weighted by Crippen LogP contribution is 2.20. The van der Waals surface area contributed by atoms with Crippen LogP contribution in [0.25, 0.3) is 11.3 Å². The number of carbonyl (C=O) groups is 1. The number of nitrogens with one attached hydrogen (secondary N) is 1. The fourth-order valence-corrected chi connectivity index (χ4v) is 3.48. The standard InChI is InChI=1S/C22H23N3O3/c1-27-19-4-2-3-16(13-19)14-20-15-25(11-12-28-20)22(26)18-7-5-17(6-8-18)21-9-10-23-24-21/h2-10,13,20H,11-12,14-15H2,1H3,(H,23,24)/t20-/m0/s1. The van der Waals surface area contributed by atoms with Gasteiger partial charge in [0.25, 0.3) is 5.91 Å². The Bertz CT molecular complexity index is 922. The minimum absolute atomic E-state index is 0.0194. The van der Waals surface area contributed by atoms with Gasteiger partial charge in [0.1, 0.15) is 5.75 Å². The third-order valence-corrected chi connectivity index (χ3v) is 4.97. The van der Waals surface area contributed by atoms with Gasteiger partial charge in [0.2, 0.25) is 0 Å². The smallest absolute Gasteiger partial charge is 0.254 e. The van der Waals surface area contributed by atoms with Crippen LogP contribution in [0.15, 0.2) is 60.8 Å². The molecule has 1 aromatic heterocycles. The SMILES string of the molecule is COc1cccc(C[C@H]2CN(C(=O)c3ccc(-c4ccn[nH]4)cc3)CCO2)c1. The van der Waals surface area contributed by atoms with Crippen LogP contribution in [0.2, 0.25) is 0 Å². The number of methoxy groups -OCH3 is 1. The molecule has 6 heteroatoms. The molecule has 1 atom stereocenters. The Morgan fingerprint density at radius 1 is 1.25 bits per heavy atom. The minimum atomic E-state index is -0.0194.